The van der Waals surface area contributed by atoms with E-state index in [1.54, 1.807) is 0 Å². The molecule has 2 rings (SSSR count). The lowest BCUT2D eigenvalue weighted by Gasteiger charge is -2.21. The number of carboxylic acid groups (broad SMARTS) is 1. The third-order valence-electron chi connectivity index (χ3n) is 2.89. The second-order valence-electron chi connectivity index (χ2n) is 4.49. The fourth-order valence-corrected chi connectivity index (χ4v) is 1.87. The molecule has 1 aliphatic rings. The zero-order chi connectivity index (χ0) is 14.0. The number of H-pyrrole nitrogens is 1. The molecule has 1 fully saturated rings. The predicted molar refractivity (Wildman–Crippen MR) is 65.0 cm³/mol. The average molecular weight is 266 g/mol. The summed E-state index contributed by atoms with van der Waals surface area (Å²) in [6, 6.07) is 2.30. The highest BCUT2D eigenvalue weighted by atomic mass is 16.4. The quantitative estimate of drug-likeness (QED) is 0.703. The Balaban J connectivity index is 2.18. The van der Waals surface area contributed by atoms with Crippen LogP contribution in [-0.2, 0) is 4.79 Å². The lowest BCUT2D eigenvalue weighted by molar-refractivity contribution is -0.137. The molecule has 0 radical (unpaired) electrons. The minimum Gasteiger partial charge on any atom is -0.494 e. The third kappa shape index (κ3) is 3.34. The number of nitrogens with one attached hydrogen (secondary N) is 1. The summed E-state index contributed by atoms with van der Waals surface area (Å²) in [7, 11) is 0. The minimum absolute atomic E-state index is 0.0354. The van der Waals surface area contributed by atoms with Crippen molar-refractivity contribution in [2.24, 2.45) is 0 Å². The summed E-state index contributed by atoms with van der Waals surface area (Å²) in [5.41, 5.74) is -0.504. The second-order valence-corrected chi connectivity index (χ2v) is 4.49. The van der Waals surface area contributed by atoms with Crippen LogP contribution in [0.15, 0.2) is 16.9 Å². The molecule has 19 heavy (non-hydrogen) atoms. The van der Waals surface area contributed by atoms with Crippen LogP contribution in [0, 0.1) is 0 Å². The predicted octanol–water partition coefficient (Wildman–Crippen LogP) is 0.160. The van der Waals surface area contributed by atoms with Gasteiger partial charge in [-0.2, -0.15) is 0 Å². The van der Waals surface area contributed by atoms with Crippen molar-refractivity contribution in [3.8, 4) is 5.88 Å². The Morgan fingerprint density at radius 1 is 1.37 bits per heavy atom. The van der Waals surface area contributed by atoms with Crippen LogP contribution in [0.1, 0.15) is 29.6 Å². The number of carboxylic acids is 1. The highest BCUT2D eigenvalue weighted by molar-refractivity contribution is 5.95. The number of hydrogen-bond acceptors (Lipinski definition) is 4. The van der Waals surface area contributed by atoms with Crippen LogP contribution in [-0.4, -0.2) is 44.6 Å². The number of carbonyl (C=O) groups excluding carboxylic acids is 1. The van der Waals surface area contributed by atoms with Crippen molar-refractivity contribution < 1.29 is 19.8 Å². The Morgan fingerprint density at radius 2 is 2.05 bits per heavy atom. The van der Waals surface area contributed by atoms with Gasteiger partial charge in [0.2, 0.25) is 0 Å². The first-order valence-corrected chi connectivity index (χ1v) is 5.93. The molecule has 0 saturated heterocycles. The van der Waals surface area contributed by atoms with Crippen molar-refractivity contribution in [3.05, 3.63) is 28.0 Å². The third-order valence-corrected chi connectivity index (χ3v) is 2.89. The lowest BCUT2D eigenvalue weighted by atomic mass is 10.2. The molecule has 1 aliphatic carbocycles. The van der Waals surface area contributed by atoms with E-state index >= 15 is 0 Å². The van der Waals surface area contributed by atoms with Gasteiger partial charge in [-0.05, 0) is 12.8 Å². The number of pyridine rings is 1. The molecule has 0 spiro atoms. The maximum Gasteiger partial charge on any atom is 0.305 e. The molecule has 1 saturated carbocycles. The number of aromatic amines is 1. The number of hydrogen-bond donors (Lipinski definition) is 3. The Morgan fingerprint density at radius 3 is 2.58 bits per heavy atom. The van der Waals surface area contributed by atoms with Crippen LogP contribution >= 0.6 is 0 Å². The van der Waals surface area contributed by atoms with Crippen LogP contribution in [0.25, 0.3) is 0 Å². The van der Waals surface area contributed by atoms with Gasteiger partial charge in [0.15, 0.2) is 5.88 Å². The van der Waals surface area contributed by atoms with E-state index in [9.17, 15) is 19.5 Å². The Hall–Kier alpha value is -2.31. The summed E-state index contributed by atoms with van der Waals surface area (Å²) < 4.78 is 0. The van der Waals surface area contributed by atoms with Crippen LogP contribution < -0.4 is 5.56 Å². The number of carbonyl (C=O) groups is 2. The SMILES string of the molecule is O=C(O)CCN(C(=O)c1cc(O)[nH]c(=O)c1)C1CC1. The van der Waals surface area contributed by atoms with Gasteiger partial charge in [0, 0.05) is 24.7 Å². The first-order valence-electron chi connectivity index (χ1n) is 5.93. The Kier molecular flexibility index (Phi) is 3.55. The van der Waals surface area contributed by atoms with Gasteiger partial charge >= 0.3 is 5.97 Å². The molecular formula is C12H14N2O5. The fraction of sp³-hybridized carbons (Fsp3) is 0.417. The summed E-state index contributed by atoms with van der Waals surface area (Å²) in [6.45, 7) is 0.104. The van der Waals surface area contributed by atoms with Gasteiger partial charge in [0.1, 0.15) is 0 Å². The van der Waals surface area contributed by atoms with Gasteiger partial charge in [-0.25, -0.2) is 0 Å². The lowest BCUT2D eigenvalue weighted by Crippen LogP contribution is -2.35. The minimum atomic E-state index is -0.979. The Labute approximate surface area is 108 Å². The van der Waals surface area contributed by atoms with E-state index in [-0.39, 0.29) is 30.5 Å². The number of aromatic hydroxyl groups is 1. The van der Waals surface area contributed by atoms with E-state index in [0.717, 1.165) is 18.9 Å². The molecule has 102 valence electrons. The van der Waals surface area contributed by atoms with Gasteiger partial charge in [-0.1, -0.05) is 0 Å². The molecule has 1 heterocycles. The van der Waals surface area contributed by atoms with Gasteiger partial charge in [-0.15, -0.1) is 0 Å². The van der Waals surface area contributed by atoms with Gasteiger partial charge in [0.05, 0.1) is 12.0 Å². The fourth-order valence-electron chi connectivity index (χ4n) is 1.87. The number of rotatable bonds is 5. The second kappa shape index (κ2) is 5.13. The number of aliphatic carboxylic acids is 1. The molecular weight excluding hydrogens is 252 g/mol. The molecule has 7 heteroatoms. The smallest absolute Gasteiger partial charge is 0.305 e. The van der Waals surface area contributed by atoms with Crippen LogP contribution in [0.4, 0.5) is 0 Å². The van der Waals surface area contributed by atoms with Gasteiger partial charge in [-0.3, -0.25) is 19.4 Å². The number of nitrogens with zero attached hydrogens (tertiary/aromatic N) is 1. The van der Waals surface area contributed by atoms with Crippen molar-refractivity contribution in [3.63, 3.8) is 0 Å². The van der Waals surface area contributed by atoms with E-state index in [2.05, 4.69) is 4.98 Å². The highest BCUT2D eigenvalue weighted by Gasteiger charge is 2.33. The molecule has 1 aromatic heterocycles. The van der Waals surface area contributed by atoms with Crippen LogP contribution in [0.2, 0.25) is 0 Å². The van der Waals surface area contributed by atoms with Crippen molar-refractivity contribution in [2.75, 3.05) is 6.54 Å². The molecule has 1 aromatic rings. The first kappa shape index (κ1) is 13.1. The number of aromatic nitrogens is 1. The maximum atomic E-state index is 12.2. The van der Waals surface area contributed by atoms with E-state index in [1.165, 1.54) is 11.0 Å². The summed E-state index contributed by atoms with van der Waals surface area (Å²) in [5.74, 6) is -1.79. The van der Waals surface area contributed by atoms with E-state index < -0.39 is 17.4 Å². The zero-order valence-electron chi connectivity index (χ0n) is 10.1. The maximum absolute atomic E-state index is 12.2. The van der Waals surface area contributed by atoms with E-state index in [0.29, 0.717) is 0 Å². The molecule has 0 unspecified atom stereocenters. The standard InChI is InChI=1S/C12H14N2O5/c15-9-5-7(6-10(16)13-9)12(19)14(8-1-2-8)4-3-11(17)18/h5-6,8H,1-4H2,(H,17,18)(H2,13,15,16). The van der Waals surface area contributed by atoms with Gasteiger partial charge < -0.3 is 15.1 Å². The first-order chi connectivity index (χ1) is 8.97. The summed E-state index contributed by atoms with van der Waals surface area (Å²) in [6.07, 6.45) is 1.53. The van der Waals surface area contributed by atoms with Crippen LogP contribution in [0.3, 0.4) is 0 Å². The van der Waals surface area contributed by atoms with Crippen LogP contribution in [0.5, 0.6) is 5.88 Å². The zero-order valence-corrected chi connectivity index (χ0v) is 10.1. The topological polar surface area (TPSA) is 111 Å². The molecule has 7 nitrogen and oxygen atoms in total. The molecule has 1 amide bonds. The molecule has 0 bridgehead atoms. The largest absolute Gasteiger partial charge is 0.494 e. The normalized spacial score (nSPS) is 14.1. The summed E-state index contributed by atoms with van der Waals surface area (Å²) in [4.78, 5) is 37.6. The van der Waals surface area contributed by atoms with Gasteiger partial charge in [0.25, 0.3) is 11.5 Å². The molecule has 3 N–H and O–H groups in total. The van der Waals surface area contributed by atoms with Crippen molar-refractivity contribution in [1.29, 1.82) is 0 Å². The van der Waals surface area contributed by atoms with E-state index in [1.807, 2.05) is 0 Å². The molecule has 0 atom stereocenters. The van der Waals surface area contributed by atoms with Crippen molar-refractivity contribution in [1.82, 2.24) is 9.88 Å². The average Bonchev–Trinajstić information content (AvgIpc) is 3.11. The Bertz CT molecular complexity index is 561. The molecule has 0 aromatic carbocycles. The van der Waals surface area contributed by atoms with Crippen molar-refractivity contribution in [2.45, 2.75) is 25.3 Å². The summed E-state index contributed by atoms with van der Waals surface area (Å²) >= 11 is 0. The molecule has 0 aliphatic heterocycles. The monoisotopic (exact) mass is 266 g/mol. The van der Waals surface area contributed by atoms with Crippen molar-refractivity contribution >= 4 is 11.9 Å². The van der Waals surface area contributed by atoms with E-state index in [4.69, 9.17) is 5.11 Å². The number of amides is 1. The summed E-state index contributed by atoms with van der Waals surface area (Å²) in [5, 5.41) is 17.9. The highest BCUT2D eigenvalue weighted by Crippen LogP contribution is 2.28.